The molecule has 144 valence electrons. The minimum atomic E-state index is -1.73. The Morgan fingerprint density at radius 3 is 2.85 bits per heavy atom. The van der Waals surface area contributed by atoms with Crippen molar-refractivity contribution in [2.75, 3.05) is 19.1 Å². The van der Waals surface area contributed by atoms with Gasteiger partial charge in [-0.15, -0.1) is 11.6 Å². The third-order valence-corrected chi connectivity index (χ3v) is 5.25. The summed E-state index contributed by atoms with van der Waals surface area (Å²) in [5, 5.41) is 19.4. The minimum absolute atomic E-state index is 0.0346. The largest absolute Gasteiger partial charge is 0.459 e. The number of halogens is 1. The summed E-state index contributed by atoms with van der Waals surface area (Å²) in [5.41, 5.74) is 0.370. The van der Waals surface area contributed by atoms with E-state index in [1.165, 1.54) is 6.92 Å². The molecule has 1 aliphatic heterocycles. The van der Waals surface area contributed by atoms with Gasteiger partial charge < -0.3 is 19.7 Å². The maximum Gasteiger partial charge on any atom is 0.339 e. The van der Waals surface area contributed by atoms with Crippen molar-refractivity contribution in [3.63, 3.8) is 0 Å². The van der Waals surface area contributed by atoms with Crippen LogP contribution in [-0.4, -0.2) is 53.0 Å². The van der Waals surface area contributed by atoms with Gasteiger partial charge in [-0.05, 0) is 37.3 Å². The second kappa shape index (κ2) is 8.84. The van der Waals surface area contributed by atoms with Crippen molar-refractivity contribution < 1.29 is 29.3 Å². The van der Waals surface area contributed by atoms with E-state index in [2.05, 4.69) is 6.58 Å². The van der Waals surface area contributed by atoms with E-state index in [0.717, 1.165) is 11.1 Å². The van der Waals surface area contributed by atoms with Crippen LogP contribution in [0, 0.1) is 5.92 Å². The molecule has 7 heteroatoms. The van der Waals surface area contributed by atoms with Crippen LogP contribution in [0.2, 0.25) is 0 Å². The van der Waals surface area contributed by atoms with Crippen LogP contribution in [0.15, 0.2) is 35.5 Å². The molecule has 1 aliphatic carbocycles. The fourth-order valence-electron chi connectivity index (χ4n) is 2.98. The first-order chi connectivity index (χ1) is 12.3. The second-order valence-electron chi connectivity index (χ2n) is 6.92. The lowest BCUT2D eigenvalue weighted by Gasteiger charge is -2.21. The van der Waals surface area contributed by atoms with E-state index in [-0.39, 0.29) is 31.1 Å². The molecule has 2 aliphatic rings. The molecule has 0 aromatic heterocycles. The van der Waals surface area contributed by atoms with Gasteiger partial charge in [-0.25, -0.2) is 9.59 Å². The number of fused-ring (bicyclic) bond motifs is 1. The molecule has 0 bridgehead atoms. The van der Waals surface area contributed by atoms with Gasteiger partial charge in [-0.2, -0.15) is 0 Å². The first kappa shape index (κ1) is 20.7. The Labute approximate surface area is 158 Å². The highest BCUT2D eigenvalue weighted by Crippen LogP contribution is 2.34. The van der Waals surface area contributed by atoms with Gasteiger partial charge in [0, 0.05) is 17.9 Å². The fourth-order valence-corrected chi connectivity index (χ4v) is 3.09. The highest BCUT2D eigenvalue weighted by molar-refractivity contribution is 6.20. The van der Waals surface area contributed by atoms with Crippen LogP contribution in [0.3, 0.4) is 0 Å². The lowest BCUT2D eigenvalue weighted by molar-refractivity contribution is -0.160. The summed E-state index contributed by atoms with van der Waals surface area (Å²) in [6, 6.07) is 0. The molecule has 26 heavy (non-hydrogen) atoms. The Kier molecular flexibility index (Phi) is 7.03. The molecule has 3 atom stereocenters. The maximum absolute atomic E-state index is 11.9. The minimum Gasteiger partial charge on any atom is -0.459 e. The summed E-state index contributed by atoms with van der Waals surface area (Å²) in [6.45, 7) is 5.06. The van der Waals surface area contributed by atoms with Gasteiger partial charge in [-0.3, -0.25) is 0 Å². The number of aliphatic hydroxyl groups is 2. The summed E-state index contributed by atoms with van der Waals surface area (Å²) in [6.07, 6.45) is 5.84. The van der Waals surface area contributed by atoms with Gasteiger partial charge in [0.15, 0.2) is 5.60 Å². The Balaban J connectivity index is 2.12. The lowest BCUT2D eigenvalue weighted by atomic mass is 9.87. The number of ether oxygens (including phenoxy) is 2. The molecule has 0 amide bonds. The molecule has 1 saturated heterocycles. The molecule has 2 N–H and O–H groups in total. The standard InChI is InChI=1S/C19H25ClO6/c1-12-15-7-6-13(10-25-18(23)19(2,24)11-20)4-3-5-14(9-21)8-16(15)26-17(12)22/h5-6,15-16,21,24H,1,3-4,7-11H2,2H3/b13-6-,14-5-/t15-,16-,19-/m0/s1. The van der Waals surface area contributed by atoms with E-state index < -0.39 is 17.5 Å². The van der Waals surface area contributed by atoms with Crippen molar-refractivity contribution >= 4 is 23.5 Å². The van der Waals surface area contributed by atoms with Crippen molar-refractivity contribution in [1.29, 1.82) is 0 Å². The molecule has 6 nitrogen and oxygen atoms in total. The van der Waals surface area contributed by atoms with E-state index in [0.29, 0.717) is 31.3 Å². The fraction of sp³-hybridized carbons (Fsp3) is 0.579. The normalized spacial score (nSPS) is 30.2. The van der Waals surface area contributed by atoms with E-state index in [1.54, 1.807) is 0 Å². The van der Waals surface area contributed by atoms with Gasteiger partial charge in [0.05, 0.1) is 12.5 Å². The SMILES string of the molecule is C=C1C(=O)O[C@H]2C/C(CO)=C/CC/C(COC(=O)[C@@](C)(O)CCl)=C/C[C@@H]12. The maximum atomic E-state index is 11.9. The Hall–Kier alpha value is -1.63. The first-order valence-electron chi connectivity index (χ1n) is 8.60. The number of carbonyl (C=O) groups is 2. The van der Waals surface area contributed by atoms with Crippen molar-refractivity contribution in [1.82, 2.24) is 0 Å². The van der Waals surface area contributed by atoms with E-state index in [1.807, 2.05) is 12.2 Å². The van der Waals surface area contributed by atoms with E-state index in [9.17, 15) is 19.8 Å². The third kappa shape index (κ3) is 4.96. The molecule has 0 unspecified atom stereocenters. The molecule has 0 saturated carbocycles. The molecule has 2 rings (SSSR count). The smallest absolute Gasteiger partial charge is 0.339 e. The van der Waals surface area contributed by atoms with E-state index >= 15 is 0 Å². The quantitative estimate of drug-likeness (QED) is 0.326. The number of rotatable bonds is 5. The summed E-state index contributed by atoms with van der Waals surface area (Å²) in [7, 11) is 0. The molecule has 1 heterocycles. The Morgan fingerprint density at radius 2 is 2.19 bits per heavy atom. The summed E-state index contributed by atoms with van der Waals surface area (Å²) in [5.74, 6) is -1.61. The monoisotopic (exact) mass is 384 g/mol. The number of allylic oxidation sites excluding steroid dienone is 2. The van der Waals surface area contributed by atoms with Crippen LogP contribution in [-0.2, 0) is 19.1 Å². The van der Waals surface area contributed by atoms with Crippen LogP contribution in [0.1, 0.15) is 32.6 Å². The molecule has 0 aromatic carbocycles. The highest BCUT2D eigenvalue weighted by atomic mass is 35.5. The summed E-state index contributed by atoms with van der Waals surface area (Å²) in [4.78, 5) is 23.7. The first-order valence-corrected chi connectivity index (χ1v) is 9.14. The van der Waals surface area contributed by atoms with Crippen molar-refractivity contribution in [3.05, 3.63) is 35.5 Å². The average Bonchev–Trinajstić information content (AvgIpc) is 2.89. The van der Waals surface area contributed by atoms with Crippen molar-refractivity contribution in [2.45, 2.75) is 44.3 Å². The third-order valence-electron chi connectivity index (χ3n) is 4.73. The number of alkyl halides is 1. The zero-order valence-electron chi connectivity index (χ0n) is 14.9. The highest BCUT2D eigenvalue weighted by Gasteiger charge is 2.38. The number of hydrogen-bond acceptors (Lipinski definition) is 6. The molecule has 0 spiro atoms. The number of esters is 2. The Bertz CT molecular complexity index is 634. The molecular formula is C19H25ClO6. The second-order valence-corrected chi connectivity index (χ2v) is 7.19. The van der Waals surface area contributed by atoms with Gasteiger partial charge >= 0.3 is 11.9 Å². The van der Waals surface area contributed by atoms with Crippen LogP contribution in [0.25, 0.3) is 0 Å². The molecule has 0 aromatic rings. The number of hydrogen-bond donors (Lipinski definition) is 2. The van der Waals surface area contributed by atoms with E-state index in [4.69, 9.17) is 21.1 Å². The predicted molar refractivity (Wildman–Crippen MR) is 96.5 cm³/mol. The summed E-state index contributed by atoms with van der Waals surface area (Å²) < 4.78 is 10.6. The lowest BCUT2D eigenvalue weighted by Crippen LogP contribution is -2.39. The van der Waals surface area contributed by atoms with Gasteiger partial charge in [-0.1, -0.05) is 18.7 Å². The van der Waals surface area contributed by atoms with Gasteiger partial charge in [0.25, 0.3) is 0 Å². The topological polar surface area (TPSA) is 93.1 Å². The van der Waals surface area contributed by atoms with Crippen LogP contribution >= 0.6 is 11.6 Å². The zero-order valence-corrected chi connectivity index (χ0v) is 15.6. The Morgan fingerprint density at radius 1 is 1.46 bits per heavy atom. The zero-order chi connectivity index (χ0) is 19.3. The molecule has 1 fully saturated rings. The van der Waals surface area contributed by atoms with Gasteiger partial charge in [0.2, 0.25) is 0 Å². The molecule has 0 radical (unpaired) electrons. The van der Waals surface area contributed by atoms with Crippen LogP contribution in [0.4, 0.5) is 0 Å². The van der Waals surface area contributed by atoms with Crippen LogP contribution < -0.4 is 0 Å². The molecular weight excluding hydrogens is 360 g/mol. The van der Waals surface area contributed by atoms with Crippen LogP contribution in [0.5, 0.6) is 0 Å². The number of aliphatic hydroxyl groups excluding tert-OH is 1. The number of carbonyl (C=O) groups excluding carboxylic acids is 2. The predicted octanol–water partition coefficient (Wildman–Crippen LogP) is 2.04. The summed E-state index contributed by atoms with van der Waals surface area (Å²) >= 11 is 5.57. The van der Waals surface area contributed by atoms with Gasteiger partial charge in [0.1, 0.15) is 12.7 Å². The van der Waals surface area contributed by atoms with Crippen molar-refractivity contribution in [3.8, 4) is 0 Å². The average molecular weight is 385 g/mol. The van der Waals surface area contributed by atoms with Crippen molar-refractivity contribution in [2.24, 2.45) is 5.92 Å².